The Morgan fingerprint density at radius 1 is 1.16 bits per heavy atom. The van der Waals surface area contributed by atoms with Crippen LogP contribution in [-0.2, 0) is 10.0 Å². The Morgan fingerprint density at radius 3 is 2.48 bits per heavy atom. The summed E-state index contributed by atoms with van der Waals surface area (Å²) in [6.07, 6.45) is 3.20. The number of anilines is 1. The molecule has 1 aliphatic rings. The van der Waals surface area contributed by atoms with Gasteiger partial charge < -0.3 is 4.90 Å². The van der Waals surface area contributed by atoms with E-state index in [1.807, 2.05) is 31.3 Å². The highest BCUT2D eigenvalue weighted by molar-refractivity contribution is 7.89. The van der Waals surface area contributed by atoms with Crippen molar-refractivity contribution in [3.63, 3.8) is 0 Å². The van der Waals surface area contributed by atoms with E-state index in [0.717, 1.165) is 18.7 Å². The lowest BCUT2D eigenvalue weighted by atomic mass is 10.1. The molecule has 6 nitrogen and oxygen atoms in total. The fourth-order valence-corrected chi connectivity index (χ4v) is 4.75. The topological polar surface area (TPSA) is 77.3 Å². The number of piperidine rings is 1. The zero-order valence-corrected chi connectivity index (χ0v) is 14.9. The third kappa shape index (κ3) is 3.50. The molecule has 1 fully saturated rings. The molecule has 1 aliphatic heterocycles. The van der Waals surface area contributed by atoms with E-state index in [9.17, 15) is 13.7 Å². The Hall–Kier alpha value is -2.43. The summed E-state index contributed by atoms with van der Waals surface area (Å²) in [6, 6.07) is 14.3. The number of aromatic nitrogens is 1. The molecule has 0 spiro atoms. The van der Waals surface area contributed by atoms with Crippen LogP contribution >= 0.6 is 0 Å². The van der Waals surface area contributed by atoms with Gasteiger partial charge in [-0.3, -0.25) is 0 Å². The molecule has 1 aromatic heterocycles. The fraction of sp³-hybridized carbons (Fsp3) is 0.333. The van der Waals surface area contributed by atoms with E-state index in [4.69, 9.17) is 0 Å². The molecule has 3 rings (SSSR count). The molecule has 25 heavy (non-hydrogen) atoms. The Labute approximate surface area is 148 Å². The van der Waals surface area contributed by atoms with Crippen LogP contribution in [0.5, 0.6) is 0 Å². The van der Waals surface area contributed by atoms with Crippen LogP contribution in [0.3, 0.4) is 0 Å². The number of rotatable bonds is 4. The molecule has 2 aromatic rings. The van der Waals surface area contributed by atoms with Gasteiger partial charge in [-0.25, -0.2) is 13.4 Å². The maximum absolute atomic E-state index is 12.9. The summed E-state index contributed by atoms with van der Waals surface area (Å²) in [4.78, 5) is 6.55. The molecular weight excluding hydrogens is 336 g/mol. The van der Waals surface area contributed by atoms with Crippen molar-refractivity contribution in [2.24, 2.45) is 0 Å². The standard InChI is InChI=1S/C18H20N4O2S/c1-21(18-8-4-5-11-20-18)16-9-12-22(13-10-16)25(23,24)17-7-3-2-6-15(17)14-19/h2-8,11,16H,9-10,12-13H2,1H3. The van der Waals surface area contributed by atoms with Gasteiger partial charge in [-0.1, -0.05) is 18.2 Å². The van der Waals surface area contributed by atoms with Gasteiger partial charge in [-0.15, -0.1) is 0 Å². The highest BCUT2D eigenvalue weighted by Gasteiger charge is 2.32. The van der Waals surface area contributed by atoms with Gasteiger partial charge in [0.25, 0.3) is 0 Å². The van der Waals surface area contributed by atoms with Crippen LogP contribution in [-0.4, -0.2) is 43.9 Å². The van der Waals surface area contributed by atoms with Gasteiger partial charge in [0.05, 0.1) is 10.5 Å². The third-order valence-corrected chi connectivity index (χ3v) is 6.56. The minimum Gasteiger partial charge on any atom is -0.357 e. The van der Waals surface area contributed by atoms with Gasteiger partial charge in [0.1, 0.15) is 11.9 Å². The second kappa shape index (κ2) is 7.21. The van der Waals surface area contributed by atoms with Crippen LogP contribution in [0.25, 0.3) is 0 Å². The Morgan fingerprint density at radius 2 is 1.84 bits per heavy atom. The lowest BCUT2D eigenvalue weighted by Gasteiger charge is -2.36. The summed E-state index contributed by atoms with van der Waals surface area (Å²) in [5.74, 6) is 0.888. The van der Waals surface area contributed by atoms with Gasteiger partial charge in [-0.2, -0.15) is 9.57 Å². The Bertz CT molecular complexity index is 869. The molecule has 0 radical (unpaired) electrons. The molecule has 0 amide bonds. The van der Waals surface area contributed by atoms with Crippen LogP contribution in [0.1, 0.15) is 18.4 Å². The van der Waals surface area contributed by atoms with Crippen molar-refractivity contribution < 1.29 is 8.42 Å². The first-order chi connectivity index (χ1) is 12.0. The zero-order valence-electron chi connectivity index (χ0n) is 14.0. The minimum absolute atomic E-state index is 0.0917. The highest BCUT2D eigenvalue weighted by Crippen LogP contribution is 2.26. The van der Waals surface area contributed by atoms with Crippen LogP contribution in [0.4, 0.5) is 5.82 Å². The number of nitrogens with zero attached hydrogens (tertiary/aromatic N) is 4. The SMILES string of the molecule is CN(c1ccccn1)C1CCN(S(=O)(=O)c2ccccc2C#N)CC1. The third-order valence-electron chi connectivity index (χ3n) is 4.61. The van der Waals surface area contributed by atoms with Crippen molar-refractivity contribution >= 4 is 15.8 Å². The number of benzene rings is 1. The number of sulfonamides is 1. The predicted molar refractivity (Wildman–Crippen MR) is 95.6 cm³/mol. The van der Waals surface area contributed by atoms with E-state index in [2.05, 4.69) is 9.88 Å². The van der Waals surface area contributed by atoms with Crippen LogP contribution in [0, 0.1) is 11.3 Å². The molecule has 0 atom stereocenters. The lowest BCUT2D eigenvalue weighted by molar-refractivity contribution is 0.314. The average molecular weight is 356 g/mol. The summed E-state index contributed by atoms with van der Waals surface area (Å²) in [5.41, 5.74) is 0.190. The molecule has 1 saturated heterocycles. The van der Waals surface area contributed by atoms with Crippen LogP contribution in [0.2, 0.25) is 0 Å². The summed E-state index contributed by atoms with van der Waals surface area (Å²) >= 11 is 0. The summed E-state index contributed by atoms with van der Waals surface area (Å²) in [7, 11) is -1.65. The largest absolute Gasteiger partial charge is 0.357 e. The van der Waals surface area contributed by atoms with Crippen molar-refractivity contribution in [2.45, 2.75) is 23.8 Å². The van der Waals surface area contributed by atoms with Gasteiger partial charge in [0, 0.05) is 32.4 Å². The first-order valence-corrected chi connectivity index (χ1v) is 9.61. The molecule has 2 heterocycles. The molecular formula is C18H20N4O2S. The number of hydrogen-bond donors (Lipinski definition) is 0. The van der Waals surface area contributed by atoms with Crippen molar-refractivity contribution in [3.05, 3.63) is 54.2 Å². The predicted octanol–water partition coefficient (Wildman–Crippen LogP) is 2.24. The Kier molecular flexibility index (Phi) is 5.02. The van der Waals surface area contributed by atoms with Gasteiger partial charge in [0.2, 0.25) is 10.0 Å². The van der Waals surface area contributed by atoms with E-state index < -0.39 is 10.0 Å². The number of nitriles is 1. The van der Waals surface area contributed by atoms with E-state index in [1.165, 1.54) is 16.4 Å². The smallest absolute Gasteiger partial charge is 0.244 e. The minimum atomic E-state index is -3.64. The second-order valence-corrected chi connectivity index (χ2v) is 7.95. The normalized spacial score (nSPS) is 16.3. The molecule has 130 valence electrons. The first kappa shape index (κ1) is 17.4. The summed E-state index contributed by atoms with van der Waals surface area (Å²) in [6.45, 7) is 0.869. The van der Waals surface area contributed by atoms with Crippen molar-refractivity contribution in [1.29, 1.82) is 5.26 Å². The molecule has 0 unspecified atom stereocenters. The lowest BCUT2D eigenvalue weighted by Crippen LogP contribution is -2.45. The molecule has 0 saturated carbocycles. The van der Waals surface area contributed by atoms with E-state index >= 15 is 0 Å². The second-order valence-electron chi connectivity index (χ2n) is 6.04. The van der Waals surface area contributed by atoms with Crippen LogP contribution in [0.15, 0.2) is 53.6 Å². The molecule has 0 aliphatic carbocycles. The van der Waals surface area contributed by atoms with Crippen molar-refractivity contribution in [2.75, 3.05) is 25.0 Å². The van der Waals surface area contributed by atoms with Crippen molar-refractivity contribution in [3.8, 4) is 6.07 Å². The molecule has 0 bridgehead atoms. The van der Waals surface area contributed by atoms with Gasteiger partial charge >= 0.3 is 0 Å². The fourth-order valence-electron chi connectivity index (χ4n) is 3.14. The first-order valence-electron chi connectivity index (χ1n) is 8.17. The molecule has 0 N–H and O–H groups in total. The summed E-state index contributed by atoms with van der Waals surface area (Å²) in [5, 5.41) is 9.17. The molecule has 7 heteroatoms. The average Bonchev–Trinajstić information content (AvgIpc) is 2.68. The molecule has 1 aromatic carbocycles. The van der Waals surface area contributed by atoms with Gasteiger partial charge in [0.15, 0.2) is 0 Å². The maximum Gasteiger partial charge on any atom is 0.244 e. The maximum atomic E-state index is 12.9. The van der Waals surface area contributed by atoms with Crippen LogP contribution < -0.4 is 4.90 Å². The number of hydrogen-bond acceptors (Lipinski definition) is 5. The van der Waals surface area contributed by atoms with Crippen molar-refractivity contribution in [1.82, 2.24) is 9.29 Å². The van der Waals surface area contributed by atoms with Gasteiger partial charge in [-0.05, 0) is 37.1 Å². The zero-order chi connectivity index (χ0) is 17.9. The highest BCUT2D eigenvalue weighted by atomic mass is 32.2. The van der Waals surface area contributed by atoms with E-state index in [1.54, 1.807) is 18.3 Å². The van der Waals surface area contributed by atoms with E-state index in [-0.39, 0.29) is 16.5 Å². The van der Waals surface area contributed by atoms with E-state index in [0.29, 0.717) is 13.1 Å². The Balaban J connectivity index is 1.73. The number of pyridine rings is 1. The summed E-state index contributed by atoms with van der Waals surface area (Å²) < 4.78 is 27.2. The monoisotopic (exact) mass is 356 g/mol. The quantitative estimate of drug-likeness (QED) is 0.840.